The van der Waals surface area contributed by atoms with Crippen LogP contribution in [0.3, 0.4) is 0 Å². The SMILES string of the molecule is CNCc1nc(Br)c(-c2ccc3c(c2)ncn3C)n1C. The quantitative estimate of drug-likeness (QED) is 0.800. The zero-order chi connectivity index (χ0) is 14.3. The smallest absolute Gasteiger partial charge is 0.132 e. The van der Waals surface area contributed by atoms with E-state index in [2.05, 4.69) is 54.0 Å². The first kappa shape index (κ1) is 13.3. The molecule has 2 heterocycles. The van der Waals surface area contributed by atoms with Crippen LogP contribution < -0.4 is 5.32 Å². The number of nitrogens with one attached hydrogen (secondary N) is 1. The fraction of sp³-hybridized carbons (Fsp3) is 0.286. The maximum absolute atomic E-state index is 4.55. The molecule has 1 aromatic carbocycles. The minimum absolute atomic E-state index is 0.737. The molecule has 0 atom stereocenters. The van der Waals surface area contributed by atoms with Crippen molar-refractivity contribution in [2.45, 2.75) is 6.54 Å². The average molecular weight is 334 g/mol. The summed E-state index contributed by atoms with van der Waals surface area (Å²) in [5.74, 6) is 0.996. The third-order valence-corrected chi connectivity index (χ3v) is 4.03. The molecule has 0 bridgehead atoms. The highest BCUT2D eigenvalue weighted by atomic mass is 79.9. The Bertz CT molecular complexity index is 771. The Morgan fingerprint density at radius 2 is 2.10 bits per heavy atom. The van der Waals surface area contributed by atoms with Gasteiger partial charge in [0.25, 0.3) is 0 Å². The molecule has 0 radical (unpaired) electrons. The molecule has 0 unspecified atom stereocenters. The molecule has 2 aromatic heterocycles. The van der Waals surface area contributed by atoms with Gasteiger partial charge in [0.15, 0.2) is 0 Å². The lowest BCUT2D eigenvalue weighted by Crippen LogP contribution is -2.10. The Labute approximate surface area is 125 Å². The van der Waals surface area contributed by atoms with E-state index in [0.29, 0.717) is 0 Å². The van der Waals surface area contributed by atoms with Crippen LogP contribution in [0.15, 0.2) is 29.1 Å². The van der Waals surface area contributed by atoms with Crippen molar-refractivity contribution in [3.63, 3.8) is 0 Å². The van der Waals surface area contributed by atoms with Gasteiger partial charge in [0.2, 0.25) is 0 Å². The topological polar surface area (TPSA) is 47.7 Å². The number of nitrogens with zero attached hydrogens (tertiary/aromatic N) is 4. The fourth-order valence-corrected chi connectivity index (χ4v) is 3.12. The first-order valence-electron chi connectivity index (χ1n) is 6.39. The molecule has 0 aliphatic rings. The molecule has 0 saturated heterocycles. The highest BCUT2D eigenvalue weighted by Crippen LogP contribution is 2.30. The van der Waals surface area contributed by atoms with Gasteiger partial charge in [0, 0.05) is 19.7 Å². The maximum Gasteiger partial charge on any atom is 0.132 e. The highest BCUT2D eigenvalue weighted by molar-refractivity contribution is 9.10. The number of halogens is 1. The third kappa shape index (κ3) is 2.05. The maximum atomic E-state index is 4.55. The predicted molar refractivity (Wildman–Crippen MR) is 83.4 cm³/mol. The summed E-state index contributed by atoms with van der Waals surface area (Å²) >= 11 is 3.56. The molecule has 0 aliphatic heterocycles. The van der Waals surface area contributed by atoms with Crippen molar-refractivity contribution in [3.05, 3.63) is 35.0 Å². The third-order valence-electron chi connectivity index (χ3n) is 3.48. The Hall–Kier alpha value is -1.66. The number of benzene rings is 1. The van der Waals surface area contributed by atoms with E-state index in [4.69, 9.17) is 0 Å². The van der Waals surface area contributed by atoms with Crippen LogP contribution in [0.25, 0.3) is 22.3 Å². The second-order valence-electron chi connectivity index (χ2n) is 4.82. The van der Waals surface area contributed by atoms with E-state index < -0.39 is 0 Å². The lowest BCUT2D eigenvalue weighted by molar-refractivity contribution is 0.712. The zero-order valence-corrected chi connectivity index (χ0v) is 13.3. The normalized spacial score (nSPS) is 11.4. The molecule has 6 heteroatoms. The van der Waals surface area contributed by atoms with Gasteiger partial charge in [0.05, 0.1) is 29.6 Å². The van der Waals surface area contributed by atoms with E-state index >= 15 is 0 Å². The molecule has 1 N–H and O–H groups in total. The zero-order valence-electron chi connectivity index (χ0n) is 11.7. The van der Waals surface area contributed by atoms with Gasteiger partial charge in [-0.15, -0.1) is 0 Å². The molecule has 0 spiro atoms. The van der Waals surface area contributed by atoms with Gasteiger partial charge in [-0.3, -0.25) is 0 Å². The van der Waals surface area contributed by atoms with Crippen molar-refractivity contribution < 1.29 is 0 Å². The molecular weight excluding hydrogens is 318 g/mol. The Balaban J connectivity index is 2.15. The van der Waals surface area contributed by atoms with Crippen LogP contribution in [0.4, 0.5) is 0 Å². The number of rotatable bonds is 3. The molecule has 3 rings (SSSR count). The van der Waals surface area contributed by atoms with Crippen molar-refractivity contribution in [3.8, 4) is 11.3 Å². The van der Waals surface area contributed by atoms with Gasteiger partial charge in [0.1, 0.15) is 10.4 Å². The van der Waals surface area contributed by atoms with Crippen molar-refractivity contribution in [1.29, 1.82) is 0 Å². The molecule has 20 heavy (non-hydrogen) atoms. The van der Waals surface area contributed by atoms with Gasteiger partial charge in [-0.1, -0.05) is 6.07 Å². The number of hydrogen-bond acceptors (Lipinski definition) is 3. The van der Waals surface area contributed by atoms with Crippen molar-refractivity contribution in [1.82, 2.24) is 24.4 Å². The van der Waals surface area contributed by atoms with Crippen LogP contribution in [0.2, 0.25) is 0 Å². The first-order valence-corrected chi connectivity index (χ1v) is 7.18. The molecule has 0 amide bonds. The summed E-state index contributed by atoms with van der Waals surface area (Å²) in [5, 5.41) is 3.13. The molecule has 5 nitrogen and oxygen atoms in total. The van der Waals surface area contributed by atoms with Crippen molar-refractivity contribution in [2.75, 3.05) is 7.05 Å². The van der Waals surface area contributed by atoms with Gasteiger partial charge < -0.3 is 14.5 Å². The Morgan fingerprint density at radius 3 is 2.85 bits per heavy atom. The molecule has 0 saturated carbocycles. The average Bonchev–Trinajstić information content (AvgIpc) is 2.92. The lowest BCUT2D eigenvalue weighted by atomic mass is 10.1. The first-order chi connectivity index (χ1) is 9.61. The Morgan fingerprint density at radius 1 is 1.30 bits per heavy atom. The summed E-state index contributed by atoms with van der Waals surface area (Å²) in [6, 6.07) is 6.30. The lowest BCUT2D eigenvalue weighted by Gasteiger charge is -2.06. The molecule has 0 aliphatic carbocycles. The van der Waals surface area contributed by atoms with Crippen LogP contribution in [0.1, 0.15) is 5.82 Å². The summed E-state index contributed by atoms with van der Waals surface area (Å²) in [6.07, 6.45) is 1.83. The van der Waals surface area contributed by atoms with Gasteiger partial charge in [-0.2, -0.15) is 0 Å². The number of imidazole rings is 2. The molecule has 0 fully saturated rings. The number of aromatic nitrogens is 4. The van der Waals surface area contributed by atoms with E-state index in [1.54, 1.807) is 0 Å². The second kappa shape index (κ2) is 5.03. The number of fused-ring (bicyclic) bond motifs is 1. The summed E-state index contributed by atoms with van der Waals surface area (Å²) < 4.78 is 4.98. The minimum atomic E-state index is 0.737. The van der Waals surface area contributed by atoms with Crippen LogP contribution in [0.5, 0.6) is 0 Å². The standard InChI is InChI=1S/C14H16BrN5/c1-16-7-12-18-14(15)13(20(12)3)9-4-5-11-10(6-9)17-8-19(11)2/h4-6,8,16H,7H2,1-3H3. The highest BCUT2D eigenvalue weighted by Gasteiger charge is 2.15. The van der Waals surface area contributed by atoms with E-state index in [1.165, 1.54) is 0 Å². The number of aryl methyl sites for hydroxylation is 1. The Kier molecular flexibility index (Phi) is 3.35. The van der Waals surface area contributed by atoms with Crippen LogP contribution in [0, 0.1) is 0 Å². The van der Waals surface area contributed by atoms with E-state index in [9.17, 15) is 0 Å². The van der Waals surface area contributed by atoms with E-state index in [-0.39, 0.29) is 0 Å². The second-order valence-corrected chi connectivity index (χ2v) is 5.57. The van der Waals surface area contributed by atoms with E-state index in [0.717, 1.165) is 39.3 Å². The van der Waals surface area contributed by atoms with Gasteiger partial charge in [-0.25, -0.2) is 9.97 Å². The summed E-state index contributed by atoms with van der Waals surface area (Å²) in [7, 11) is 5.95. The van der Waals surface area contributed by atoms with Gasteiger partial charge >= 0.3 is 0 Å². The van der Waals surface area contributed by atoms with Crippen LogP contribution in [-0.4, -0.2) is 26.1 Å². The van der Waals surface area contributed by atoms with Crippen molar-refractivity contribution in [2.24, 2.45) is 14.1 Å². The largest absolute Gasteiger partial charge is 0.334 e. The summed E-state index contributed by atoms with van der Waals surface area (Å²) in [4.78, 5) is 8.97. The molecule has 3 aromatic rings. The van der Waals surface area contributed by atoms with Crippen LogP contribution >= 0.6 is 15.9 Å². The molecular formula is C14H16BrN5. The molecule has 104 valence electrons. The predicted octanol–water partition coefficient (Wildman–Crippen LogP) is 2.46. The van der Waals surface area contributed by atoms with Gasteiger partial charge in [-0.05, 0) is 35.1 Å². The monoisotopic (exact) mass is 333 g/mol. The summed E-state index contributed by atoms with van der Waals surface area (Å²) in [6.45, 7) is 0.737. The van der Waals surface area contributed by atoms with Crippen LogP contribution in [-0.2, 0) is 20.6 Å². The minimum Gasteiger partial charge on any atom is -0.334 e. The summed E-state index contributed by atoms with van der Waals surface area (Å²) in [5.41, 5.74) is 4.30. The fourth-order valence-electron chi connectivity index (χ4n) is 2.42. The van der Waals surface area contributed by atoms with Crippen molar-refractivity contribution >= 4 is 27.0 Å². The van der Waals surface area contributed by atoms with E-state index in [1.807, 2.05) is 32.0 Å². The number of hydrogen-bond donors (Lipinski definition) is 1.